The van der Waals surface area contributed by atoms with Crippen molar-refractivity contribution >= 4 is 28.5 Å². The molecule has 28 heavy (non-hydrogen) atoms. The summed E-state index contributed by atoms with van der Waals surface area (Å²) in [6, 6.07) is 11.8. The molecule has 0 radical (unpaired) electrons. The predicted molar refractivity (Wildman–Crippen MR) is 113 cm³/mol. The molecule has 4 rings (SSSR count). The van der Waals surface area contributed by atoms with E-state index in [0.717, 1.165) is 51.9 Å². The van der Waals surface area contributed by atoms with Crippen LogP contribution < -0.4 is 0 Å². The first kappa shape index (κ1) is 18.5. The summed E-state index contributed by atoms with van der Waals surface area (Å²) >= 11 is 0. The average molecular weight is 374 g/mol. The van der Waals surface area contributed by atoms with Gasteiger partial charge in [0.05, 0.1) is 23.0 Å². The average Bonchev–Trinajstić information content (AvgIpc) is 3.20. The molecule has 4 nitrogen and oxygen atoms in total. The van der Waals surface area contributed by atoms with E-state index in [9.17, 15) is 4.79 Å². The molecule has 2 aromatic heterocycles. The molecule has 4 heteroatoms. The molecule has 1 atom stereocenters. The third-order valence-corrected chi connectivity index (χ3v) is 5.54. The Balaban J connectivity index is 1.98. The van der Waals surface area contributed by atoms with Crippen molar-refractivity contribution in [1.82, 2.24) is 9.88 Å². The van der Waals surface area contributed by atoms with Crippen LogP contribution in [-0.4, -0.2) is 28.9 Å². The minimum atomic E-state index is 0.103. The van der Waals surface area contributed by atoms with E-state index in [2.05, 4.69) is 13.0 Å². The second kappa shape index (κ2) is 7.63. The fourth-order valence-electron chi connectivity index (χ4n) is 4.19. The third kappa shape index (κ3) is 3.24. The van der Waals surface area contributed by atoms with Crippen molar-refractivity contribution in [3.63, 3.8) is 0 Å². The number of carbonyl (C=O) groups excluding carboxylic acids is 1. The van der Waals surface area contributed by atoms with Gasteiger partial charge in [-0.2, -0.15) is 0 Å². The van der Waals surface area contributed by atoms with Gasteiger partial charge in [-0.05, 0) is 68.0 Å². The molecular weight excluding hydrogens is 348 g/mol. The molecule has 3 aromatic rings. The Morgan fingerprint density at radius 2 is 1.96 bits per heavy atom. The number of benzene rings is 1. The van der Waals surface area contributed by atoms with E-state index in [0.29, 0.717) is 19.0 Å². The highest BCUT2D eigenvalue weighted by atomic mass is 16.3. The monoisotopic (exact) mass is 374 g/mol. The fraction of sp³-hybridized carbons (Fsp3) is 0.333. The van der Waals surface area contributed by atoms with Crippen LogP contribution in [0.5, 0.6) is 0 Å². The van der Waals surface area contributed by atoms with Crippen molar-refractivity contribution in [2.45, 2.75) is 33.6 Å². The summed E-state index contributed by atoms with van der Waals surface area (Å²) in [5, 5.41) is 0.949. The van der Waals surface area contributed by atoms with Crippen LogP contribution in [0, 0.1) is 5.92 Å². The van der Waals surface area contributed by atoms with Gasteiger partial charge < -0.3 is 9.32 Å². The zero-order chi connectivity index (χ0) is 19.7. The van der Waals surface area contributed by atoms with Gasteiger partial charge in [-0.3, -0.25) is 4.79 Å². The number of para-hydroxylation sites is 1. The number of amides is 1. The summed E-state index contributed by atoms with van der Waals surface area (Å²) < 4.78 is 5.55. The Kier molecular flexibility index (Phi) is 5.03. The smallest absolute Gasteiger partial charge is 0.254 e. The van der Waals surface area contributed by atoms with Crippen LogP contribution in [0.3, 0.4) is 0 Å². The maximum atomic E-state index is 13.5. The molecule has 0 saturated carbocycles. The van der Waals surface area contributed by atoms with Crippen LogP contribution in [0.15, 0.2) is 47.1 Å². The molecule has 2 heterocycles. The molecule has 1 unspecified atom stereocenters. The van der Waals surface area contributed by atoms with Crippen LogP contribution in [0.2, 0.25) is 0 Å². The van der Waals surface area contributed by atoms with Crippen LogP contribution >= 0.6 is 0 Å². The number of aromatic nitrogens is 1. The summed E-state index contributed by atoms with van der Waals surface area (Å²) in [7, 11) is 0. The normalized spacial score (nSPS) is 17.7. The van der Waals surface area contributed by atoms with Crippen LogP contribution in [0.25, 0.3) is 22.6 Å². The first-order chi connectivity index (χ1) is 13.6. The molecule has 0 fully saturated rings. The van der Waals surface area contributed by atoms with Crippen LogP contribution in [0.1, 0.15) is 54.6 Å². The highest BCUT2D eigenvalue weighted by molar-refractivity contribution is 6.09. The first-order valence-corrected chi connectivity index (χ1v) is 10.1. The summed E-state index contributed by atoms with van der Waals surface area (Å²) in [5.41, 5.74) is 4.86. The summed E-state index contributed by atoms with van der Waals surface area (Å²) in [6.07, 6.45) is 5.55. The number of hydrogen-bond acceptors (Lipinski definition) is 3. The van der Waals surface area contributed by atoms with Crippen LogP contribution in [-0.2, 0) is 6.42 Å². The minimum Gasteiger partial charge on any atom is -0.465 e. The SMILES string of the molecule is CCN(CC)C(=O)c1c2c(nc3ccccc13)C(=Cc1ccco1)CC(C)C2. The molecule has 0 spiro atoms. The molecule has 144 valence electrons. The minimum absolute atomic E-state index is 0.103. The molecular formula is C24H26N2O2. The van der Waals surface area contributed by atoms with Crippen molar-refractivity contribution in [3.8, 4) is 0 Å². The van der Waals surface area contributed by atoms with Crippen molar-refractivity contribution in [2.24, 2.45) is 5.92 Å². The summed E-state index contributed by atoms with van der Waals surface area (Å²) in [5.74, 6) is 1.37. The van der Waals surface area contributed by atoms with Crippen molar-refractivity contribution in [1.29, 1.82) is 0 Å². The van der Waals surface area contributed by atoms with Crippen molar-refractivity contribution < 1.29 is 9.21 Å². The van der Waals surface area contributed by atoms with E-state index in [-0.39, 0.29) is 5.91 Å². The molecule has 1 aliphatic carbocycles. The Morgan fingerprint density at radius 3 is 2.68 bits per heavy atom. The maximum Gasteiger partial charge on any atom is 0.254 e. The van der Waals surface area contributed by atoms with Gasteiger partial charge in [-0.1, -0.05) is 25.1 Å². The summed E-state index contributed by atoms with van der Waals surface area (Å²) in [4.78, 5) is 20.4. The van der Waals surface area contributed by atoms with Gasteiger partial charge in [0.25, 0.3) is 5.91 Å². The largest absolute Gasteiger partial charge is 0.465 e. The quantitative estimate of drug-likeness (QED) is 0.611. The topological polar surface area (TPSA) is 46.3 Å². The second-order valence-electron chi connectivity index (χ2n) is 7.51. The fourth-order valence-corrected chi connectivity index (χ4v) is 4.19. The lowest BCUT2D eigenvalue weighted by Gasteiger charge is -2.28. The van der Waals surface area contributed by atoms with E-state index in [1.165, 1.54) is 0 Å². The van der Waals surface area contributed by atoms with Crippen molar-refractivity contribution in [2.75, 3.05) is 13.1 Å². The van der Waals surface area contributed by atoms with Gasteiger partial charge in [0.15, 0.2) is 0 Å². The Morgan fingerprint density at radius 1 is 1.18 bits per heavy atom. The third-order valence-electron chi connectivity index (χ3n) is 5.54. The van der Waals surface area contributed by atoms with Gasteiger partial charge in [-0.15, -0.1) is 0 Å². The standard InChI is InChI=1S/C24H26N2O2/c1-4-26(5-2)24(27)22-19-10-6-7-11-21(19)25-23-17(13-16(3)14-20(22)23)15-18-9-8-12-28-18/h6-12,15-16H,4-5,13-14H2,1-3H3. The number of allylic oxidation sites excluding steroid dienone is 1. The molecule has 1 aliphatic rings. The number of hydrogen-bond donors (Lipinski definition) is 0. The van der Waals surface area contributed by atoms with E-state index in [4.69, 9.17) is 9.40 Å². The highest BCUT2D eigenvalue weighted by Gasteiger charge is 2.29. The van der Waals surface area contributed by atoms with Gasteiger partial charge in [0.2, 0.25) is 0 Å². The Bertz CT molecular complexity index is 1030. The molecule has 0 bridgehead atoms. The van der Waals surface area contributed by atoms with Crippen molar-refractivity contribution in [3.05, 3.63) is 65.2 Å². The maximum absolute atomic E-state index is 13.5. The molecule has 0 saturated heterocycles. The molecule has 1 amide bonds. The number of rotatable bonds is 4. The van der Waals surface area contributed by atoms with Gasteiger partial charge in [0.1, 0.15) is 5.76 Å². The zero-order valence-electron chi connectivity index (χ0n) is 16.7. The first-order valence-electron chi connectivity index (χ1n) is 10.1. The number of carbonyl (C=O) groups is 1. The lowest BCUT2D eigenvalue weighted by Crippen LogP contribution is -2.32. The number of fused-ring (bicyclic) bond motifs is 2. The molecule has 0 N–H and O–H groups in total. The number of furan rings is 1. The van der Waals surface area contributed by atoms with Gasteiger partial charge in [0, 0.05) is 18.5 Å². The lowest BCUT2D eigenvalue weighted by atomic mass is 9.80. The van der Waals surface area contributed by atoms with Crippen LogP contribution in [0.4, 0.5) is 0 Å². The number of nitrogens with zero attached hydrogens (tertiary/aromatic N) is 2. The predicted octanol–water partition coefficient (Wildman–Crippen LogP) is 5.43. The van der Waals surface area contributed by atoms with E-state index in [1.54, 1.807) is 6.26 Å². The summed E-state index contributed by atoms with van der Waals surface area (Å²) in [6.45, 7) is 7.70. The molecule has 0 aliphatic heterocycles. The number of pyridine rings is 1. The Labute approximate surface area is 165 Å². The van der Waals surface area contributed by atoms with E-state index in [1.807, 2.05) is 55.1 Å². The van der Waals surface area contributed by atoms with E-state index >= 15 is 0 Å². The Hall–Kier alpha value is -2.88. The van der Waals surface area contributed by atoms with Gasteiger partial charge >= 0.3 is 0 Å². The second-order valence-corrected chi connectivity index (χ2v) is 7.51. The lowest BCUT2D eigenvalue weighted by molar-refractivity contribution is 0.0773. The zero-order valence-corrected chi connectivity index (χ0v) is 16.7. The van der Waals surface area contributed by atoms with Gasteiger partial charge in [-0.25, -0.2) is 4.98 Å². The molecule has 1 aromatic carbocycles. The van der Waals surface area contributed by atoms with E-state index < -0.39 is 0 Å². The highest BCUT2D eigenvalue weighted by Crippen LogP contribution is 2.38.